The van der Waals surface area contributed by atoms with Crippen molar-refractivity contribution in [1.82, 2.24) is 15.2 Å². The van der Waals surface area contributed by atoms with Crippen LogP contribution in [-0.2, 0) is 24.4 Å². The van der Waals surface area contributed by atoms with Gasteiger partial charge in [-0.25, -0.2) is 5.84 Å². The number of alkyl halides is 3. The summed E-state index contributed by atoms with van der Waals surface area (Å²) in [6.07, 6.45) is -5.37. The third-order valence-corrected chi connectivity index (χ3v) is 2.17. The van der Waals surface area contributed by atoms with Gasteiger partial charge in [-0.2, -0.15) is 18.3 Å². The maximum Gasteiger partial charge on any atom is 0.435 e. The van der Waals surface area contributed by atoms with E-state index < -0.39 is 35.7 Å². The number of primary amides is 1. The summed E-state index contributed by atoms with van der Waals surface area (Å²) in [5, 5.41) is 3.16. The quantitative estimate of drug-likeness (QED) is 0.372. The van der Waals surface area contributed by atoms with E-state index in [2.05, 4.69) is 5.10 Å². The van der Waals surface area contributed by atoms with E-state index in [4.69, 9.17) is 11.6 Å². The Hall–Kier alpha value is -2.10. The molecule has 0 saturated heterocycles. The average Bonchev–Trinajstić information content (AvgIpc) is 2.56. The second-order valence-corrected chi connectivity index (χ2v) is 3.40. The SMILES string of the molecule is Cn1nc(C(F)(F)F)c(C(N)=O)c1CC(=O)NN. The van der Waals surface area contributed by atoms with Crippen LogP contribution in [-0.4, -0.2) is 21.6 Å². The van der Waals surface area contributed by atoms with Gasteiger partial charge < -0.3 is 5.73 Å². The minimum Gasteiger partial charge on any atom is -0.365 e. The Morgan fingerprint density at radius 2 is 2.00 bits per heavy atom. The number of hydrazine groups is 1. The van der Waals surface area contributed by atoms with Crippen molar-refractivity contribution in [2.45, 2.75) is 12.6 Å². The van der Waals surface area contributed by atoms with E-state index in [1.54, 1.807) is 5.43 Å². The van der Waals surface area contributed by atoms with Crippen molar-refractivity contribution >= 4 is 11.8 Å². The summed E-state index contributed by atoms with van der Waals surface area (Å²) < 4.78 is 38.6. The number of nitrogens with zero attached hydrogens (tertiary/aromatic N) is 2. The first-order valence-corrected chi connectivity index (χ1v) is 4.60. The Bertz CT molecular complexity index is 494. The number of nitrogens with one attached hydrogen (secondary N) is 1. The minimum atomic E-state index is -4.83. The first kappa shape index (κ1) is 14.0. The number of hydrogen-bond acceptors (Lipinski definition) is 4. The number of hydrogen-bond donors (Lipinski definition) is 3. The summed E-state index contributed by atoms with van der Waals surface area (Å²) in [6, 6.07) is 0. The molecular weight excluding hydrogens is 255 g/mol. The minimum absolute atomic E-state index is 0.252. The zero-order valence-electron chi connectivity index (χ0n) is 9.21. The largest absolute Gasteiger partial charge is 0.435 e. The molecule has 0 aliphatic heterocycles. The lowest BCUT2D eigenvalue weighted by Gasteiger charge is -2.05. The zero-order chi connectivity index (χ0) is 14.1. The maximum absolute atomic E-state index is 12.6. The summed E-state index contributed by atoms with van der Waals surface area (Å²) >= 11 is 0. The molecular formula is C8H10F3N5O2. The smallest absolute Gasteiger partial charge is 0.365 e. The summed E-state index contributed by atoms with van der Waals surface area (Å²) in [4.78, 5) is 22.1. The van der Waals surface area contributed by atoms with Crippen molar-refractivity contribution in [2.24, 2.45) is 18.6 Å². The second kappa shape index (κ2) is 4.64. The van der Waals surface area contributed by atoms with Crippen LogP contribution in [0.25, 0.3) is 0 Å². The van der Waals surface area contributed by atoms with Crippen LogP contribution in [0.2, 0.25) is 0 Å². The molecule has 0 radical (unpaired) electrons. The molecule has 0 saturated carbocycles. The lowest BCUT2D eigenvalue weighted by molar-refractivity contribution is -0.141. The third kappa shape index (κ3) is 2.59. The highest BCUT2D eigenvalue weighted by Gasteiger charge is 2.40. The van der Waals surface area contributed by atoms with Gasteiger partial charge in [0.15, 0.2) is 5.69 Å². The van der Waals surface area contributed by atoms with Gasteiger partial charge in [0.05, 0.1) is 17.7 Å². The van der Waals surface area contributed by atoms with Crippen LogP contribution in [0.4, 0.5) is 13.2 Å². The van der Waals surface area contributed by atoms with Gasteiger partial charge in [0.25, 0.3) is 5.91 Å². The standard InChI is InChI=1S/C8H10F3N5O2/c1-16-3(2-4(17)14-13)5(7(12)18)6(15-16)8(9,10)11/h2,13H2,1H3,(H2,12,18)(H,14,17). The Morgan fingerprint density at radius 1 is 1.44 bits per heavy atom. The second-order valence-electron chi connectivity index (χ2n) is 3.40. The topological polar surface area (TPSA) is 116 Å². The van der Waals surface area contributed by atoms with Gasteiger partial charge in [-0.3, -0.25) is 19.7 Å². The number of aromatic nitrogens is 2. The molecule has 0 atom stereocenters. The van der Waals surface area contributed by atoms with Crippen molar-refractivity contribution in [3.63, 3.8) is 0 Å². The third-order valence-electron chi connectivity index (χ3n) is 2.17. The Kier molecular flexibility index (Phi) is 3.60. The van der Waals surface area contributed by atoms with Gasteiger partial charge >= 0.3 is 6.18 Å². The van der Waals surface area contributed by atoms with E-state index in [0.717, 1.165) is 4.68 Å². The highest BCUT2D eigenvalue weighted by Crippen LogP contribution is 2.32. The van der Waals surface area contributed by atoms with Gasteiger partial charge in [0.2, 0.25) is 5.91 Å². The fourth-order valence-electron chi connectivity index (χ4n) is 1.42. The molecule has 0 aliphatic carbocycles. The van der Waals surface area contributed by atoms with Crippen molar-refractivity contribution in [2.75, 3.05) is 0 Å². The molecule has 1 rings (SSSR count). The summed E-state index contributed by atoms with van der Waals surface area (Å²) in [5.74, 6) is 2.74. The Morgan fingerprint density at radius 3 is 2.39 bits per heavy atom. The maximum atomic E-state index is 12.6. The Balaban J connectivity index is 3.38. The highest BCUT2D eigenvalue weighted by atomic mass is 19.4. The van der Waals surface area contributed by atoms with Crippen molar-refractivity contribution in [3.8, 4) is 0 Å². The molecule has 1 aromatic heterocycles. The van der Waals surface area contributed by atoms with Gasteiger partial charge in [0, 0.05) is 7.05 Å². The summed E-state index contributed by atoms with van der Waals surface area (Å²) in [5.41, 5.74) is 4.13. The van der Waals surface area contributed by atoms with Crippen LogP contribution in [0.3, 0.4) is 0 Å². The van der Waals surface area contributed by atoms with Crippen molar-refractivity contribution in [1.29, 1.82) is 0 Å². The normalized spacial score (nSPS) is 11.4. The molecule has 0 aromatic carbocycles. The predicted octanol–water partition coefficient (Wildman–Crippen LogP) is -0.930. The van der Waals surface area contributed by atoms with Gasteiger partial charge in [-0.15, -0.1) is 0 Å². The van der Waals surface area contributed by atoms with Crippen molar-refractivity contribution in [3.05, 3.63) is 17.0 Å². The molecule has 18 heavy (non-hydrogen) atoms. The van der Waals surface area contributed by atoms with Crippen LogP contribution in [0.15, 0.2) is 0 Å². The first-order valence-electron chi connectivity index (χ1n) is 4.60. The van der Waals surface area contributed by atoms with E-state index >= 15 is 0 Å². The molecule has 0 aliphatic rings. The molecule has 0 bridgehead atoms. The fourth-order valence-corrected chi connectivity index (χ4v) is 1.42. The molecule has 1 aromatic rings. The molecule has 0 fully saturated rings. The number of carbonyl (C=O) groups excluding carboxylic acids is 2. The number of carbonyl (C=O) groups is 2. The number of amides is 2. The number of aryl methyl sites for hydroxylation is 1. The van der Waals surface area contributed by atoms with Gasteiger partial charge in [-0.1, -0.05) is 0 Å². The zero-order valence-corrected chi connectivity index (χ0v) is 9.21. The first-order chi connectivity index (χ1) is 8.18. The highest BCUT2D eigenvalue weighted by molar-refractivity contribution is 5.96. The molecule has 7 nitrogen and oxygen atoms in total. The molecule has 10 heteroatoms. The van der Waals surface area contributed by atoms with Crippen LogP contribution < -0.4 is 17.0 Å². The van der Waals surface area contributed by atoms with E-state index in [0.29, 0.717) is 0 Å². The van der Waals surface area contributed by atoms with E-state index in [1.807, 2.05) is 0 Å². The van der Waals surface area contributed by atoms with Crippen molar-refractivity contribution < 1.29 is 22.8 Å². The van der Waals surface area contributed by atoms with Gasteiger partial charge in [-0.05, 0) is 0 Å². The molecule has 5 N–H and O–H groups in total. The Labute approximate surface area is 98.9 Å². The average molecular weight is 265 g/mol. The van der Waals surface area contributed by atoms with Crippen LogP contribution in [0, 0.1) is 0 Å². The lowest BCUT2D eigenvalue weighted by atomic mass is 10.1. The number of nitrogens with two attached hydrogens (primary N) is 2. The summed E-state index contributed by atoms with van der Waals surface area (Å²) in [6.45, 7) is 0. The number of halogens is 3. The molecule has 1 heterocycles. The van der Waals surface area contributed by atoms with E-state index in [-0.39, 0.29) is 5.69 Å². The van der Waals surface area contributed by atoms with E-state index in [1.165, 1.54) is 7.05 Å². The predicted molar refractivity (Wildman–Crippen MR) is 52.8 cm³/mol. The van der Waals surface area contributed by atoms with Gasteiger partial charge in [0.1, 0.15) is 0 Å². The lowest BCUT2D eigenvalue weighted by Crippen LogP contribution is -2.32. The number of rotatable bonds is 3. The van der Waals surface area contributed by atoms with Crippen LogP contribution >= 0.6 is 0 Å². The molecule has 2 amide bonds. The van der Waals surface area contributed by atoms with E-state index in [9.17, 15) is 22.8 Å². The molecule has 100 valence electrons. The molecule has 0 unspecified atom stereocenters. The fraction of sp³-hybridized carbons (Fsp3) is 0.375. The van der Waals surface area contributed by atoms with Crippen LogP contribution in [0.1, 0.15) is 21.7 Å². The monoisotopic (exact) mass is 265 g/mol. The molecule has 0 spiro atoms. The summed E-state index contributed by atoms with van der Waals surface area (Å²) in [7, 11) is 1.17. The van der Waals surface area contributed by atoms with Crippen LogP contribution in [0.5, 0.6) is 0 Å².